The van der Waals surface area contributed by atoms with Gasteiger partial charge >= 0.3 is 0 Å². The number of hydrogen-bond acceptors (Lipinski definition) is 4. The van der Waals surface area contributed by atoms with E-state index < -0.39 is 0 Å². The number of hydrogen-bond donors (Lipinski definition) is 0. The molecule has 1 aromatic carbocycles. The molecule has 0 radical (unpaired) electrons. The second kappa shape index (κ2) is 9.02. The molecule has 27 heavy (non-hydrogen) atoms. The summed E-state index contributed by atoms with van der Waals surface area (Å²) in [4.78, 5) is 38.7. The van der Waals surface area contributed by atoms with Crippen LogP contribution in [0, 0.1) is 5.92 Å². The van der Waals surface area contributed by atoms with Gasteiger partial charge in [-0.15, -0.1) is 0 Å². The van der Waals surface area contributed by atoms with Crippen LogP contribution in [0.15, 0.2) is 24.3 Å². The highest BCUT2D eigenvalue weighted by Crippen LogP contribution is 2.24. The molecule has 0 saturated carbocycles. The number of aryl methyl sites for hydroxylation is 1. The monoisotopic (exact) mass is 372 g/mol. The van der Waals surface area contributed by atoms with Crippen molar-refractivity contribution in [3.05, 3.63) is 29.8 Å². The summed E-state index contributed by atoms with van der Waals surface area (Å²) in [6.45, 7) is 1.77. The highest BCUT2D eigenvalue weighted by molar-refractivity contribution is 6.02. The molecule has 0 bridgehead atoms. The molecule has 0 atom stereocenters. The number of methoxy groups -OCH3 is 1. The highest BCUT2D eigenvalue weighted by atomic mass is 16.5. The predicted molar refractivity (Wildman–Crippen MR) is 101 cm³/mol. The molecule has 0 spiro atoms. The largest absolute Gasteiger partial charge is 0.497 e. The third kappa shape index (κ3) is 5.08. The fourth-order valence-electron chi connectivity index (χ4n) is 3.87. The Labute approximate surface area is 160 Å². The quantitative estimate of drug-likeness (QED) is 0.690. The van der Waals surface area contributed by atoms with Gasteiger partial charge in [0.1, 0.15) is 5.75 Å². The molecule has 2 aliphatic heterocycles. The van der Waals surface area contributed by atoms with E-state index in [-0.39, 0.29) is 43.5 Å². The van der Waals surface area contributed by atoms with Gasteiger partial charge in [-0.25, -0.2) is 0 Å². The molecular weight excluding hydrogens is 344 g/mol. The van der Waals surface area contributed by atoms with E-state index in [1.807, 2.05) is 17.0 Å². The minimum Gasteiger partial charge on any atom is -0.497 e. The van der Waals surface area contributed by atoms with Crippen molar-refractivity contribution in [3.63, 3.8) is 0 Å². The molecule has 0 unspecified atom stereocenters. The maximum absolute atomic E-state index is 12.4. The van der Waals surface area contributed by atoms with Gasteiger partial charge in [-0.1, -0.05) is 12.1 Å². The molecule has 3 amide bonds. The lowest BCUT2D eigenvalue weighted by molar-refractivity contribution is -0.139. The van der Waals surface area contributed by atoms with E-state index in [2.05, 4.69) is 12.1 Å². The molecule has 0 aliphatic carbocycles. The second-order valence-electron chi connectivity index (χ2n) is 7.40. The van der Waals surface area contributed by atoms with Gasteiger partial charge in [-0.05, 0) is 49.3 Å². The average molecular weight is 372 g/mol. The number of piperidine rings is 1. The first kappa shape index (κ1) is 19.4. The van der Waals surface area contributed by atoms with Crippen molar-refractivity contribution in [2.45, 2.75) is 44.9 Å². The molecule has 0 N–H and O–H groups in total. The maximum Gasteiger partial charge on any atom is 0.229 e. The number of imide groups is 1. The summed E-state index contributed by atoms with van der Waals surface area (Å²) in [5.41, 5.74) is 1.31. The van der Waals surface area contributed by atoms with Gasteiger partial charge in [-0.2, -0.15) is 0 Å². The van der Waals surface area contributed by atoms with Crippen LogP contribution in [0.1, 0.15) is 44.1 Å². The summed E-state index contributed by atoms with van der Waals surface area (Å²) < 4.78 is 5.18. The number of nitrogens with zero attached hydrogens (tertiary/aromatic N) is 2. The van der Waals surface area contributed by atoms with Crippen molar-refractivity contribution in [2.75, 3.05) is 26.7 Å². The van der Waals surface area contributed by atoms with E-state index in [1.54, 1.807) is 7.11 Å². The molecule has 6 heteroatoms. The van der Waals surface area contributed by atoms with Crippen LogP contribution < -0.4 is 4.74 Å². The number of benzene rings is 1. The minimum atomic E-state index is -0.148. The van der Waals surface area contributed by atoms with E-state index >= 15 is 0 Å². The smallest absolute Gasteiger partial charge is 0.229 e. The molecule has 1 aromatic rings. The molecule has 6 nitrogen and oxygen atoms in total. The van der Waals surface area contributed by atoms with Gasteiger partial charge in [0.2, 0.25) is 17.7 Å². The topological polar surface area (TPSA) is 66.9 Å². The molecule has 3 rings (SSSR count). The van der Waals surface area contributed by atoms with Crippen molar-refractivity contribution < 1.29 is 19.1 Å². The van der Waals surface area contributed by atoms with Crippen LogP contribution in [0.3, 0.4) is 0 Å². The Hall–Kier alpha value is -2.37. The second-order valence-corrected chi connectivity index (χ2v) is 7.40. The van der Waals surface area contributed by atoms with Crippen LogP contribution in [0.25, 0.3) is 0 Å². The Kier molecular flexibility index (Phi) is 6.48. The normalized spacial score (nSPS) is 18.3. The number of amides is 3. The zero-order valence-electron chi connectivity index (χ0n) is 16.0. The molecule has 2 heterocycles. The zero-order chi connectivity index (χ0) is 19.2. The minimum absolute atomic E-state index is 0.0519. The fraction of sp³-hybridized carbons (Fsp3) is 0.571. The van der Waals surface area contributed by atoms with Crippen LogP contribution >= 0.6 is 0 Å². The lowest BCUT2D eigenvalue weighted by Crippen LogP contribution is -2.40. The lowest BCUT2D eigenvalue weighted by atomic mass is 9.90. The van der Waals surface area contributed by atoms with Crippen LogP contribution in [0.5, 0.6) is 5.75 Å². The average Bonchev–Trinajstić information content (AvgIpc) is 3.03. The highest BCUT2D eigenvalue weighted by Gasteiger charge is 2.30. The summed E-state index contributed by atoms with van der Waals surface area (Å²) in [6.07, 6.45) is 5.02. The Balaban J connectivity index is 1.37. The lowest BCUT2D eigenvalue weighted by Gasteiger charge is -2.32. The Morgan fingerprint density at radius 1 is 1.07 bits per heavy atom. The van der Waals surface area contributed by atoms with Gasteiger partial charge < -0.3 is 9.64 Å². The number of ether oxygens (including phenoxy) is 1. The Bertz CT molecular complexity index is 662. The van der Waals surface area contributed by atoms with Gasteiger partial charge in [0, 0.05) is 38.9 Å². The summed E-state index contributed by atoms with van der Waals surface area (Å²) in [7, 11) is 1.67. The van der Waals surface area contributed by atoms with Crippen LogP contribution in [0.4, 0.5) is 0 Å². The Morgan fingerprint density at radius 3 is 2.30 bits per heavy atom. The van der Waals surface area contributed by atoms with E-state index in [9.17, 15) is 14.4 Å². The van der Waals surface area contributed by atoms with Crippen molar-refractivity contribution in [1.29, 1.82) is 0 Å². The van der Waals surface area contributed by atoms with Gasteiger partial charge in [0.05, 0.1) is 7.11 Å². The van der Waals surface area contributed by atoms with Crippen molar-refractivity contribution in [2.24, 2.45) is 5.92 Å². The third-order valence-electron chi connectivity index (χ3n) is 5.67. The zero-order valence-corrected chi connectivity index (χ0v) is 16.0. The Morgan fingerprint density at radius 2 is 1.70 bits per heavy atom. The summed E-state index contributed by atoms with van der Waals surface area (Å²) in [5, 5.41) is 0. The molecule has 0 aromatic heterocycles. The first-order valence-corrected chi connectivity index (χ1v) is 9.80. The van der Waals surface area contributed by atoms with E-state index in [4.69, 9.17) is 4.74 Å². The molecule has 146 valence electrons. The van der Waals surface area contributed by atoms with Crippen LogP contribution in [-0.4, -0.2) is 54.3 Å². The van der Waals surface area contributed by atoms with E-state index in [0.29, 0.717) is 5.92 Å². The number of likely N-dealkylation sites (tertiary alicyclic amines) is 2. The predicted octanol–water partition coefficient (Wildman–Crippen LogP) is 2.41. The van der Waals surface area contributed by atoms with Crippen molar-refractivity contribution in [1.82, 2.24) is 9.80 Å². The van der Waals surface area contributed by atoms with Crippen LogP contribution in [-0.2, 0) is 20.8 Å². The fourth-order valence-corrected chi connectivity index (χ4v) is 3.87. The molecule has 2 saturated heterocycles. The van der Waals surface area contributed by atoms with Crippen molar-refractivity contribution in [3.8, 4) is 5.75 Å². The van der Waals surface area contributed by atoms with Crippen LogP contribution in [0.2, 0.25) is 0 Å². The number of carbonyl (C=O) groups is 3. The molecular formula is C21H28N2O4. The summed E-state index contributed by atoms with van der Waals surface area (Å²) in [5.74, 6) is 1.27. The van der Waals surface area contributed by atoms with E-state index in [0.717, 1.165) is 44.5 Å². The first-order valence-electron chi connectivity index (χ1n) is 9.80. The summed E-state index contributed by atoms with van der Waals surface area (Å²) in [6, 6.07) is 8.20. The number of carbonyl (C=O) groups excluding carboxylic acids is 3. The number of rotatable bonds is 7. The van der Waals surface area contributed by atoms with Gasteiger partial charge in [0.25, 0.3) is 0 Å². The molecule has 2 fully saturated rings. The summed E-state index contributed by atoms with van der Waals surface area (Å²) >= 11 is 0. The SMILES string of the molecule is COc1ccc(CCC2CCN(C(=O)CCN3C(=O)CCC3=O)CC2)cc1. The first-order chi connectivity index (χ1) is 13.1. The third-order valence-corrected chi connectivity index (χ3v) is 5.67. The van der Waals surface area contributed by atoms with E-state index in [1.165, 1.54) is 10.5 Å². The molecule has 2 aliphatic rings. The van der Waals surface area contributed by atoms with Gasteiger partial charge in [0.15, 0.2) is 0 Å². The maximum atomic E-state index is 12.4. The van der Waals surface area contributed by atoms with Gasteiger partial charge in [-0.3, -0.25) is 19.3 Å². The standard InChI is InChI=1S/C21H28N2O4/c1-27-18-6-4-16(5-7-18)2-3-17-10-13-22(14-11-17)19(24)12-15-23-20(25)8-9-21(23)26/h4-7,17H,2-3,8-15H2,1H3. The van der Waals surface area contributed by atoms with Crippen molar-refractivity contribution >= 4 is 17.7 Å².